The van der Waals surface area contributed by atoms with Crippen molar-refractivity contribution in [3.05, 3.63) is 70.6 Å². The molecule has 2 amide bonds. The molecule has 0 aliphatic carbocycles. The van der Waals surface area contributed by atoms with Gasteiger partial charge >= 0.3 is 0 Å². The first-order chi connectivity index (χ1) is 14.5. The maximum atomic E-state index is 12.6. The number of aromatic nitrogens is 2. The molecule has 0 aliphatic rings. The third kappa shape index (κ3) is 4.33. The third-order valence-electron chi connectivity index (χ3n) is 4.54. The number of hydrogen-bond donors (Lipinski definition) is 3. The second-order valence-corrected chi connectivity index (χ2v) is 7.86. The van der Waals surface area contributed by atoms with Gasteiger partial charge < -0.3 is 15.4 Å². The number of methoxy groups -OCH3 is 1. The zero-order chi connectivity index (χ0) is 21.1. The Bertz CT molecular complexity index is 1210. The summed E-state index contributed by atoms with van der Waals surface area (Å²) in [5.74, 6) is 0.834. The lowest BCUT2D eigenvalue weighted by Crippen LogP contribution is -2.15. The topological polar surface area (TPSA) is 96.1 Å². The summed E-state index contributed by atoms with van der Waals surface area (Å²) in [5.41, 5.74) is 2.67. The Balaban J connectivity index is 1.45. The number of ether oxygens (including phenoxy) is 1. The quantitative estimate of drug-likeness (QED) is 0.431. The fourth-order valence-corrected chi connectivity index (χ4v) is 3.94. The molecule has 0 bridgehead atoms. The molecular formula is C22H20N4O3S. The molecule has 8 heteroatoms. The Kier molecular flexibility index (Phi) is 5.49. The number of amides is 2. The Hall–Kier alpha value is -3.65. The Morgan fingerprint density at radius 1 is 1.10 bits per heavy atom. The van der Waals surface area contributed by atoms with Crippen molar-refractivity contribution >= 4 is 44.9 Å². The van der Waals surface area contributed by atoms with E-state index in [1.807, 2.05) is 55.5 Å². The van der Waals surface area contributed by atoms with Crippen molar-refractivity contribution in [3.63, 3.8) is 0 Å². The van der Waals surface area contributed by atoms with E-state index in [0.29, 0.717) is 20.9 Å². The first-order valence-electron chi connectivity index (χ1n) is 9.30. The predicted octanol–water partition coefficient (Wildman–Crippen LogP) is 4.37. The average Bonchev–Trinajstić information content (AvgIpc) is 3.31. The molecule has 30 heavy (non-hydrogen) atoms. The highest BCUT2D eigenvalue weighted by atomic mass is 32.1. The van der Waals surface area contributed by atoms with Crippen LogP contribution in [0.25, 0.3) is 10.2 Å². The van der Waals surface area contributed by atoms with Crippen LogP contribution in [0.5, 0.6) is 5.75 Å². The maximum absolute atomic E-state index is 12.6. The van der Waals surface area contributed by atoms with Crippen molar-refractivity contribution < 1.29 is 14.3 Å². The van der Waals surface area contributed by atoms with Gasteiger partial charge in [-0.05, 0) is 48.4 Å². The number of fused-ring (bicyclic) bond motifs is 1. The van der Waals surface area contributed by atoms with Crippen LogP contribution in [-0.2, 0) is 11.2 Å². The highest BCUT2D eigenvalue weighted by Gasteiger charge is 2.17. The molecule has 0 unspecified atom stereocenters. The number of carbonyl (C=O) groups excluding carboxylic acids is 2. The Morgan fingerprint density at radius 3 is 2.63 bits per heavy atom. The van der Waals surface area contributed by atoms with Gasteiger partial charge in [-0.3, -0.25) is 14.7 Å². The van der Waals surface area contributed by atoms with Crippen LogP contribution in [-0.4, -0.2) is 29.1 Å². The van der Waals surface area contributed by atoms with Crippen LogP contribution in [0.4, 0.5) is 11.5 Å². The number of H-pyrrole nitrogens is 1. The number of aryl methyl sites for hydroxylation is 1. The number of benzene rings is 2. The van der Waals surface area contributed by atoms with E-state index in [2.05, 4.69) is 20.8 Å². The lowest BCUT2D eigenvalue weighted by Gasteiger charge is -2.05. The summed E-state index contributed by atoms with van der Waals surface area (Å²) in [6.45, 7) is 1.97. The summed E-state index contributed by atoms with van der Waals surface area (Å²) >= 11 is 1.27. The fraction of sp³-hybridized carbons (Fsp3) is 0.136. The molecule has 0 atom stereocenters. The number of anilines is 2. The number of rotatable bonds is 6. The number of nitrogens with one attached hydrogen (secondary N) is 3. The molecule has 3 N–H and O–H groups in total. The minimum atomic E-state index is -0.209. The van der Waals surface area contributed by atoms with Crippen LogP contribution in [0.15, 0.2) is 54.6 Å². The molecule has 152 valence electrons. The van der Waals surface area contributed by atoms with Gasteiger partial charge in [-0.25, -0.2) is 0 Å². The van der Waals surface area contributed by atoms with Gasteiger partial charge in [0.25, 0.3) is 5.91 Å². The van der Waals surface area contributed by atoms with Crippen molar-refractivity contribution in [2.24, 2.45) is 0 Å². The molecule has 7 nitrogen and oxygen atoms in total. The van der Waals surface area contributed by atoms with E-state index in [9.17, 15) is 9.59 Å². The smallest absolute Gasteiger partial charge is 0.265 e. The monoisotopic (exact) mass is 420 g/mol. The largest absolute Gasteiger partial charge is 0.497 e. The van der Waals surface area contributed by atoms with Crippen molar-refractivity contribution in [1.82, 2.24) is 10.2 Å². The van der Waals surface area contributed by atoms with Gasteiger partial charge in [0, 0.05) is 5.69 Å². The second-order valence-electron chi connectivity index (χ2n) is 6.82. The summed E-state index contributed by atoms with van der Waals surface area (Å²) in [5, 5.41) is 13.5. The van der Waals surface area contributed by atoms with Gasteiger partial charge in [-0.1, -0.05) is 24.3 Å². The van der Waals surface area contributed by atoms with Gasteiger partial charge in [0.15, 0.2) is 0 Å². The minimum Gasteiger partial charge on any atom is -0.497 e. The van der Waals surface area contributed by atoms with Gasteiger partial charge in [-0.15, -0.1) is 11.3 Å². The van der Waals surface area contributed by atoms with E-state index in [1.165, 1.54) is 11.3 Å². The third-order valence-corrected chi connectivity index (χ3v) is 5.57. The SMILES string of the molecule is COc1ccc(CC(=O)Nc2[nH]nc3sc(C(=O)Nc4cccc(C)c4)cc23)cc1. The molecule has 0 radical (unpaired) electrons. The highest BCUT2D eigenvalue weighted by Crippen LogP contribution is 2.30. The fourth-order valence-electron chi connectivity index (χ4n) is 3.05. The average molecular weight is 420 g/mol. The number of nitrogens with zero attached hydrogens (tertiary/aromatic N) is 1. The molecule has 0 fully saturated rings. The van der Waals surface area contributed by atoms with Gasteiger partial charge in [0.2, 0.25) is 5.91 Å². The van der Waals surface area contributed by atoms with Gasteiger partial charge in [0.1, 0.15) is 16.4 Å². The lowest BCUT2D eigenvalue weighted by atomic mass is 10.1. The number of aromatic amines is 1. The molecule has 0 saturated heterocycles. The summed E-state index contributed by atoms with van der Waals surface area (Å²) in [4.78, 5) is 26.2. The van der Waals surface area contributed by atoms with Crippen molar-refractivity contribution in [2.45, 2.75) is 13.3 Å². The standard InChI is InChI=1S/C22H20N4O3S/c1-13-4-3-5-15(10-13)23-21(28)18-12-17-20(25-26-22(17)30-18)24-19(27)11-14-6-8-16(29-2)9-7-14/h3-10,12H,11H2,1-2H3,(H,23,28)(H2,24,25,26,27). The first kappa shape index (κ1) is 19.7. The molecule has 0 spiro atoms. The lowest BCUT2D eigenvalue weighted by molar-refractivity contribution is -0.115. The zero-order valence-electron chi connectivity index (χ0n) is 16.5. The summed E-state index contributed by atoms with van der Waals surface area (Å²) < 4.78 is 5.13. The van der Waals surface area contributed by atoms with E-state index in [4.69, 9.17) is 4.74 Å². The van der Waals surface area contributed by atoms with Crippen LogP contribution in [0.3, 0.4) is 0 Å². The van der Waals surface area contributed by atoms with Gasteiger partial charge in [-0.2, -0.15) is 5.10 Å². The minimum absolute atomic E-state index is 0.178. The summed E-state index contributed by atoms with van der Waals surface area (Å²) in [6, 6.07) is 16.7. The molecule has 0 aliphatic heterocycles. The van der Waals surface area contributed by atoms with Crippen molar-refractivity contribution in [3.8, 4) is 5.75 Å². The molecular weight excluding hydrogens is 400 g/mol. The summed E-state index contributed by atoms with van der Waals surface area (Å²) in [6.07, 6.45) is 0.218. The van der Waals surface area contributed by atoms with E-state index < -0.39 is 0 Å². The maximum Gasteiger partial charge on any atom is 0.265 e. The van der Waals surface area contributed by atoms with E-state index in [0.717, 1.165) is 22.6 Å². The van der Waals surface area contributed by atoms with E-state index in [1.54, 1.807) is 13.2 Å². The van der Waals surface area contributed by atoms with E-state index >= 15 is 0 Å². The number of hydrogen-bond acceptors (Lipinski definition) is 5. The van der Waals surface area contributed by atoms with Crippen LogP contribution in [0.1, 0.15) is 20.8 Å². The molecule has 2 aromatic carbocycles. The zero-order valence-corrected chi connectivity index (χ0v) is 17.3. The summed E-state index contributed by atoms with van der Waals surface area (Å²) in [7, 11) is 1.60. The van der Waals surface area contributed by atoms with Crippen LogP contribution >= 0.6 is 11.3 Å². The normalized spacial score (nSPS) is 10.7. The molecule has 2 heterocycles. The Morgan fingerprint density at radius 2 is 1.90 bits per heavy atom. The highest BCUT2D eigenvalue weighted by molar-refractivity contribution is 7.20. The Labute approximate surface area is 177 Å². The predicted molar refractivity (Wildman–Crippen MR) is 118 cm³/mol. The van der Waals surface area contributed by atoms with Crippen molar-refractivity contribution in [1.29, 1.82) is 0 Å². The van der Waals surface area contributed by atoms with Crippen LogP contribution < -0.4 is 15.4 Å². The molecule has 4 rings (SSSR count). The first-order valence-corrected chi connectivity index (χ1v) is 10.1. The second kappa shape index (κ2) is 8.38. The molecule has 4 aromatic rings. The van der Waals surface area contributed by atoms with Gasteiger partial charge in [0.05, 0.1) is 23.8 Å². The molecule has 0 saturated carbocycles. The number of thiophene rings is 1. The van der Waals surface area contributed by atoms with Crippen LogP contribution in [0.2, 0.25) is 0 Å². The van der Waals surface area contributed by atoms with Crippen molar-refractivity contribution in [2.75, 3.05) is 17.7 Å². The van der Waals surface area contributed by atoms with Crippen LogP contribution in [0, 0.1) is 6.92 Å². The van der Waals surface area contributed by atoms with E-state index in [-0.39, 0.29) is 18.2 Å². The number of carbonyl (C=O) groups is 2. The molecule has 2 aromatic heterocycles.